The van der Waals surface area contributed by atoms with Crippen LogP contribution < -0.4 is 0 Å². The molecule has 18 heavy (non-hydrogen) atoms. The highest BCUT2D eigenvalue weighted by Crippen LogP contribution is 2.25. The highest BCUT2D eigenvalue weighted by Gasteiger charge is 2.24. The van der Waals surface area contributed by atoms with E-state index < -0.39 is 0 Å². The van der Waals surface area contributed by atoms with Gasteiger partial charge in [0.2, 0.25) is 0 Å². The highest BCUT2D eigenvalue weighted by molar-refractivity contribution is 9.10. The van der Waals surface area contributed by atoms with E-state index in [0.29, 0.717) is 6.04 Å². The average molecular weight is 310 g/mol. The number of hydrogen-bond donors (Lipinski definition) is 0. The maximum atomic E-state index is 12.6. The molecular formula is C15H20BrNO. The van der Waals surface area contributed by atoms with Crippen LogP contribution in [0, 0.1) is 6.92 Å². The molecule has 1 aliphatic heterocycles. The lowest BCUT2D eigenvalue weighted by Crippen LogP contribution is -2.38. The smallest absolute Gasteiger partial charge is 0.255 e. The number of benzene rings is 1. The van der Waals surface area contributed by atoms with Gasteiger partial charge in [-0.2, -0.15) is 0 Å². The number of rotatable bonds is 1. The third-order valence-electron chi connectivity index (χ3n) is 3.74. The first-order valence-electron chi connectivity index (χ1n) is 6.67. The summed E-state index contributed by atoms with van der Waals surface area (Å²) >= 11 is 3.54. The van der Waals surface area contributed by atoms with Crippen molar-refractivity contribution in [3.05, 3.63) is 33.8 Å². The molecular weight excluding hydrogens is 290 g/mol. The van der Waals surface area contributed by atoms with Gasteiger partial charge in [0, 0.05) is 17.1 Å². The minimum Gasteiger partial charge on any atom is -0.336 e. The zero-order valence-corrected chi connectivity index (χ0v) is 12.7. The molecule has 1 saturated heterocycles. The van der Waals surface area contributed by atoms with Crippen molar-refractivity contribution in [1.29, 1.82) is 0 Å². The number of nitrogens with zero attached hydrogens (tertiary/aromatic N) is 1. The Labute approximate surface area is 117 Å². The van der Waals surface area contributed by atoms with Gasteiger partial charge in [0.15, 0.2) is 0 Å². The van der Waals surface area contributed by atoms with Crippen molar-refractivity contribution in [2.45, 2.75) is 45.6 Å². The molecule has 1 aromatic rings. The fraction of sp³-hybridized carbons (Fsp3) is 0.533. The number of carbonyl (C=O) groups is 1. The number of carbonyl (C=O) groups excluding carboxylic acids is 1. The number of likely N-dealkylation sites (tertiary alicyclic amines) is 1. The Morgan fingerprint density at radius 1 is 1.33 bits per heavy atom. The van der Waals surface area contributed by atoms with E-state index in [9.17, 15) is 4.79 Å². The Morgan fingerprint density at radius 3 is 2.89 bits per heavy atom. The Balaban J connectivity index is 2.26. The third-order valence-corrected chi connectivity index (χ3v) is 4.79. The van der Waals surface area contributed by atoms with Gasteiger partial charge in [0.25, 0.3) is 5.91 Å². The maximum absolute atomic E-state index is 12.6. The van der Waals surface area contributed by atoms with Crippen LogP contribution in [0.15, 0.2) is 22.7 Å². The van der Waals surface area contributed by atoms with Crippen molar-refractivity contribution in [3.63, 3.8) is 0 Å². The minimum absolute atomic E-state index is 0.167. The molecule has 1 heterocycles. The predicted octanol–water partition coefficient (Wildman–Crippen LogP) is 4.16. The minimum atomic E-state index is 0.167. The molecule has 0 aliphatic carbocycles. The first-order valence-corrected chi connectivity index (χ1v) is 7.46. The van der Waals surface area contributed by atoms with Crippen LogP contribution in [0.4, 0.5) is 0 Å². The predicted molar refractivity (Wildman–Crippen MR) is 77.8 cm³/mol. The van der Waals surface area contributed by atoms with Crippen molar-refractivity contribution in [2.75, 3.05) is 6.54 Å². The number of hydrogen-bond acceptors (Lipinski definition) is 1. The molecule has 98 valence electrons. The molecule has 0 saturated carbocycles. The molecule has 0 aromatic heterocycles. The van der Waals surface area contributed by atoms with Gasteiger partial charge < -0.3 is 4.90 Å². The van der Waals surface area contributed by atoms with E-state index in [-0.39, 0.29) is 5.91 Å². The second kappa shape index (κ2) is 5.87. The van der Waals surface area contributed by atoms with Gasteiger partial charge in [-0.05, 0) is 54.2 Å². The van der Waals surface area contributed by atoms with Crippen LogP contribution in [0.5, 0.6) is 0 Å². The second-order valence-electron chi connectivity index (χ2n) is 5.13. The number of aryl methyl sites for hydroxylation is 1. The molecule has 1 unspecified atom stereocenters. The van der Waals surface area contributed by atoms with Gasteiger partial charge in [-0.25, -0.2) is 0 Å². The highest BCUT2D eigenvalue weighted by atomic mass is 79.9. The van der Waals surface area contributed by atoms with Crippen molar-refractivity contribution < 1.29 is 4.79 Å². The van der Waals surface area contributed by atoms with Crippen LogP contribution in [0.3, 0.4) is 0 Å². The van der Waals surface area contributed by atoms with E-state index in [1.807, 2.05) is 30.0 Å². The average Bonchev–Trinajstić information content (AvgIpc) is 2.57. The van der Waals surface area contributed by atoms with Crippen molar-refractivity contribution in [3.8, 4) is 0 Å². The molecule has 3 heteroatoms. The fourth-order valence-corrected chi connectivity index (χ4v) is 2.98. The summed E-state index contributed by atoms with van der Waals surface area (Å²) in [6.07, 6.45) is 4.72. The zero-order valence-electron chi connectivity index (χ0n) is 11.1. The molecule has 1 amide bonds. The van der Waals surface area contributed by atoms with Crippen molar-refractivity contribution >= 4 is 21.8 Å². The Bertz CT molecular complexity index is 444. The molecule has 2 rings (SSSR count). The van der Waals surface area contributed by atoms with Crippen LogP contribution in [-0.2, 0) is 0 Å². The molecule has 1 fully saturated rings. The zero-order chi connectivity index (χ0) is 13.1. The Kier molecular flexibility index (Phi) is 4.44. The summed E-state index contributed by atoms with van der Waals surface area (Å²) in [5.41, 5.74) is 1.91. The summed E-state index contributed by atoms with van der Waals surface area (Å²) in [6.45, 7) is 5.07. The largest absolute Gasteiger partial charge is 0.336 e. The molecule has 0 N–H and O–H groups in total. The van der Waals surface area contributed by atoms with Crippen LogP contribution >= 0.6 is 15.9 Å². The first kappa shape index (κ1) is 13.6. The summed E-state index contributed by atoms with van der Waals surface area (Å²) in [7, 11) is 0. The topological polar surface area (TPSA) is 20.3 Å². The molecule has 1 atom stereocenters. The fourth-order valence-electron chi connectivity index (χ4n) is 2.54. The number of amides is 1. The van der Waals surface area contributed by atoms with Gasteiger partial charge >= 0.3 is 0 Å². The number of halogens is 1. The van der Waals surface area contributed by atoms with E-state index in [1.165, 1.54) is 12.8 Å². The molecule has 0 radical (unpaired) electrons. The quantitative estimate of drug-likeness (QED) is 0.762. The van der Waals surface area contributed by atoms with Crippen LogP contribution in [0.1, 0.15) is 48.5 Å². The van der Waals surface area contributed by atoms with Crippen LogP contribution in [0.25, 0.3) is 0 Å². The molecule has 2 nitrogen and oxygen atoms in total. The van der Waals surface area contributed by atoms with Gasteiger partial charge in [0.05, 0.1) is 5.56 Å². The van der Waals surface area contributed by atoms with Gasteiger partial charge in [-0.15, -0.1) is 0 Å². The van der Waals surface area contributed by atoms with Crippen LogP contribution in [0.2, 0.25) is 0 Å². The van der Waals surface area contributed by atoms with E-state index >= 15 is 0 Å². The van der Waals surface area contributed by atoms with Crippen molar-refractivity contribution in [1.82, 2.24) is 4.90 Å². The summed E-state index contributed by atoms with van der Waals surface area (Å²) in [5.74, 6) is 0.167. The SMILES string of the molecule is Cc1cccc(C(=O)N2CCCCCC2C)c1Br. The summed E-state index contributed by atoms with van der Waals surface area (Å²) in [5, 5.41) is 0. The standard InChI is InChI=1S/C15H20BrNO/c1-11-7-6-9-13(14(11)16)15(18)17-10-5-3-4-8-12(17)2/h6-7,9,12H,3-5,8,10H2,1-2H3. The normalized spacial score (nSPS) is 20.6. The maximum Gasteiger partial charge on any atom is 0.255 e. The van der Waals surface area contributed by atoms with Crippen molar-refractivity contribution in [2.24, 2.45) is 0 Å². The first-order chi connectivity index (χ1) is 8.61. The molecule has 0 spiro atoms. The van der Waals surface area contributed by atoms with Gasteiger partial charge in [-0.3, -0.25) is 4.79 Å². The summed E-state index contributed by atoms with van der Waals surface area (Å²) < 4.78 is 0.937. The van der Waals surface area contributed by atoms with E-state index in [0.717, 1.165) is 35.0 Å². The lowest BCUT2D eigenvalue weighted by Gasteiger charge is -2.27. The molecule has 1 aromatic carbocycles. The Hall–Kier alpha value is -0.830. The van der Waals surface area contributed by atoms with Crippen LogP contribution in [-0.4, -0.2) is 23.4 Å². The summed E-state index contributed by atoms with van der Waals surface area (Å²) in [6, 6.07) is 6.24. The van der Waals surface area contributed by atoms with Gasteiger partial charge in [0.1, 0.15) is 0 Å². The van der Waals surface area contributed by atoms with E-state index in [1.54, 1.807) is 0 Å². The second-order valence-corrected chi connectivity index (χ2v) is 5.93. The summed E-state index contributed by atoms with van der Waals surface area (Å²) in [4.78, 5) is 14.7. The van der Waals surface area contributed by atoms with E-state index in [4.69, 9.17) is 0 Å². The lowest BCUT2D eigenvalue weighted by molar-refractivity contribution is 0.0697. The molecule has 1 aliphatic rings. The molecule has 0 bridgehead atoms. The Morgan fingerprint density at radius 2 is 2.11 bits per heavy atom. The third kappa shape index (κ3) is 2.77. The lowest BCUT2D eigenvalue weighted by atomic mass is 10.1. The van der Waals surface area contributed by atoms with Gasteiger partial charge in [-0.1, -0.05) is 25.0 Å². The van der Waals surface area contributed by atoms with E-state index in [2.05, 4.69) is 22.9 Å². The monoisotopic (exact) mass is 309 g/mol.